The van der Waals surface area contributed by atoms with Gasteiger partial charge in [-0.3, -0.25) is 4.79 Å². The number of pyridine rings is 1. The average Bonchev–Trinajstić information content (AvgIpc) is 2.76. The van der Waals surface area contributed by atoms with Gasteiger partial charge in [-0.15, -0.1) is 0 Å². The molecule has 1 N–H and O–H groups in total. The van der Waals surface area contributed by atoms with Gasteiger partial charge in [-0.2, -0.15) is 0 Å². The zero-order valence-corrected chi connectivity index (χ0v) is 16.9. The molecule has 0 bridgehead atoms. The summed E-state index contributed by atoms with van der Waals surface area (Å²) < 4.78 is 0. The normalized spacial score (nSPS) is 14.0. The van der Waals surface area contributed by atoms with Crippen molar-refractivity contribution in [2.45, 2.75) is 13.8 Å². The van der Waals surface area contributed by atoms with Gasteiger partial charge in [0.1, 0.15) is 5.82 Å². The Morgan fingerprint density at radius 3 is 2.34 bits per heavy atom. The lowest BCUT2D eigenvalue weighted by Gasteiger charge is -2.36. The molecule has 4 rings (SSSR count). The van der Waals surface area contributed by atoms with E-state index in [0.717, 1.165) is 37.7 Å². The maximum Gasteiger partial charge on any atom is 0.255 e. The second-order valence-corrected chi connectivity index (χ2v) is 7.49. The van der Waals surface area contributed by atoms with Crippen molar-refractivity contribution in [3.63, 3.8) is 0 Å². The molecule has 29 heavy (non-hydrogen) atoms. The number of amides is 1. The molecule has 5 heteroatoms. The molecule has 1 aromatic heterocycles. The van der Waals surface area contributed by atoms with Crippen LogP contribution in [-0.2, 0) is 0 Å². The summed E-state index contributed by atoms with van der Waals surface area (Å²) in [6, 6.07) is 20.3. The van der Waals surface area contributed by atoms with Crippen molar-refractivity contribution in [3.8, 4) is 0 Å². The molecule has 1 amide bonds. The van der Waals surface area contributed by atoms with Gasteiger partial charge in [-0.1, -0.05) is 35.9 Å². The van der Waals surface area contributed by atoms with Crippen molar-refractivity contribution in [2.75, 3.05) is 36.4 Å². The highest BCUT2D eigenvalue weighted by atomic mass is 16.2. The lowest BCUT2D eigenvalue weighted by molar-refractivity contribution is 0.0746. The standard InChI is InChI=1S/C24H26N4O/c1-18-8-10-22(19(2)16-18)26-23-11-9-20(17-25-23)24(29)28-14-12-27(13-15-28)21-6-4-3-5-7-21/h3-11,16-17H,12-15H2,1-2H3,(H,25,26). The van der Waals surface area contributed by atoms with E-state index in [1.807, 2.05) is 35.2 Å². The number of carbonyl (C=O) groups is 1. The van der Waals surface area contributed by atoms with E-state index in [-0.39, 0.29) is 5.91 Å². The molecule has 5 nitrogen and oxygen atoms in total. The maximum atomic E-state index is 12.9. The fourth-order valence-corrected chi connectivity index (χ4v) is 3.68. The van der Waals surface area contributed by atoms with Crippen LogP contribution in [0.1, 0.15) is 21.5 Å². The third kappa shape index (κ3) is 4.40. The topological polar surface area (TPSA) is 48.5 Å². The average molecular weight is 386 g/mol. The van der Waals surface area contributed by atoms with E-state index in [4.69, 9.17) is 0 Å². The highest BCUT2D eigenvalue weighted by molar-refractivity contribution is 5.94. The number of piperazine rings is 1. The molecule has 0 radical (unpaired) electrons. The number of para-hydroxylation sites is 1. The molecule has 1 saturated heterocycles. The van der Waals surface area contributed by atoms with E-state index in [2.05, 4.69) is 59.4 Å². The lowest BCUT2D eigenvalue weighted by atomic mass is 10.1. The SMILES string of the molecule is Cc1ccc(Nc2ccc(C(=O)N3CCN(c4ccccc4)CC3)cn2)c(C)c1. The second kappa shape index (κ2) is 8.35. The Hall–Kier alpha value is -3.34. The first-order valence-electron chi connectivity index (χ1n) is 10.00. The Kier molecular flexibility index (Phi) is 5.47. The molecule has 148 valence electrons. The van der Waals surface area contributed by atoms with E-state index in [1.165, 1.54) is 16.8 Å². The molecule has 1 aliphatic rings. The van der Waals surface area contributed by atoms with Crippen LogP contribution in [0.5, 0.6) is 0 Å². The van der Waals surface area contributed by atoms with Crippen LogP contribution in [0.25, 0.3) is 0 Å². The Morgan fingerprint density at radius 1 is 0.931 bits per heavy atom. The summed E-state index contributed by atoms with van der Waals surface area (Å²) in [4.78, 5) is 21.5. The fraction of sp³-hybridized carbons (Fsp3) is 0.250. The van der Waals surface area contributed by atoms with E-state index in [1.54, 1.807) is 6.20 Å². The zero-order chi connectivity index (χ0) is 20.2. The number of rotatable bonds is 4. The number of nitrogens with one attached hydrogen (secondary N) is 1. The molecule has 1 aliphatic heterocycles. The summed E-state index contributed by atoms with van der Waals surface area (Å²) in [6.45, 7) is 7.27. The Balaban J connectivity index is 1.37. The van der Waals surface area contributed by atoms with Crippen LogP contribution in [0, 0.1) is 13.8 Å². The predicted octanol–water partition coefficient (Wildman–Crippen LogP) is 4.40. The molecule has 0 atom stereocenters. The van der Waals surface area contributed by atoms with Gasteiger partial charge in [0, 0.05) is 43.8 Å². The van der Waals surface area contributed by atoms with Crippen LogP contribution < -0.4 is 10.2 Å². The minimum Gasteiger partial charge on any atom is -0.368 e. The third-order valence-corrected chi connectivity index (χ3v) is 5.34. The van der Waals surface area contributed by atoms with Gasteiger partial charge in [0.2, 0.25) is 0 Å². The number of nitrogens with zero attached hydrogens (tertiary/aromatic N) is 3. The van der Waals surface area contributed by atoms with Crippen molar-refractivity contribution in [1.29, 1.82) is 0 Å². The Labute approximate surface area is 172 Å². The smallest absolute Gasteiger partial charge is 0.255 e. The number of aromatic nitrogens is 1. The molecular weight excluding hydrogens is 360 g/mol. The Morgan fingerprint density at radius 2 is 1.69 bits per heavy atom. The van der Waals surface area contributed by atoms with E-state index in [9.17, 15) is 4.79 Å². The second-order valence-electron chi connectivity index (χ2n) is 7.49. The van der Waals surface area contributed by atoms with E-state index < -0.39 is 0 Å². The highest BCUT2D eigenvalue weighted by Crippen LogP contribution is 2.21. The summed E-state index contributed by atoms with van der Waals surface area (Å²) in [5, 5.41) is 3.33. The Bertz CT molecular complexity index is 978. The first-order chi connectivity index (χ1) is 14.1. The van der Waals surface area contributed by atoms with Crippen molar-refractivity contribution in [2.24, 2.45) is 0 Å². The first kappa shape index (κ1) is 19.0. The van der Waals surface area contributed by atoms with Crippen LogP contribution in [0.4, 0.5) is 17.2 Å². The van der Waals surface area contributed by atoms with Gasteiger partial charge in [-0.25, -0.2) is 4.98 Å². The van der Waals surface area contributed by atoms with Gasteiger partial charge in [0.25, 0.3) is 5.91 Å². The minimum absolute atomic E-state index is 0.0447. The monoisotopic (exact) mass is 386 g/mol. The number of carbonyl (C=O) groups excluding carboxylic acids is 1. The van der Waals surface area contributed by atoms with Gasteiger partial charge < -0.3 is 15.1 Å². The predicted molar refractivity (Wildman–Crippen MR) is 118 cm³/mol. The number of benzene rings is 2. The summed E-state index contributed by atoms with van der Waals surface area (Å²) >= 11 is 0. The summed E-state index contributed by atoms with van der Waals surface area (Å²) in [5.74, 6) is 0.783. The van der Waals surface area contributed by atoms with Gasteiger partial charge in [-0.05, 0) is 49.7 Å². The van der Waals surface area contributed by atoms with Crippen molar-refractivity contribution >= 4 is 23.1 Å². The molecule has 0 aliphatic carbocycles. The van der Waals surface area contributed by atoms with Crippen LogP contribution >= 0.6 is 0 Å². The minimum atomic E-state index is 0.0447. The molecule has 2 aromatic carbocycles. The number of anilines is 3. The molecule has 0 spiro atoms. The summed E-state index contributed by atoms with van der Waals surface area (Å²) in [6.07, 6.45) is 1.66. The molecule has 0 saturated carbocycles. The summed E-state index contributed by atoms with van der Waals surface area (Å²) in [5.41, 5.74) is 5.27. The summed E-state index contributed by atoms with van der Waals surface area (Å²) in [7, 11) is 0. The zero-order valence-electron chi connectivity index (χ0n) is 16.9. The maximum absolute atomic E-state index is 12.9. The van der Waals surface area contributed by atoms with Gasteiger partial charge in [0.05, 0.1) is 5.56 Å². The number of aryl methyl sites for hydroxylation is 2. The van der Waals surface area contributed by atoms with Gasteiger partial charge >= 0.3 is 0 Å². The fourth-order valence-electron chi connectivity index (χ4n) is 3.68. The third-order valence-electron chi connectivity index (χ3n) is 5.34. The molecular formula is C24H26N4O. The van der Waals surface area contributed by atoms with Gasteiger partial charge in [0.15, 0.2) is 0 Å². The van der Waals surface area contributed by atoms with Crippen LogP contribution in [0.3, 0.4) is 0 Å². The highest BCUT2D eigenvalue weighted by Gasteiger charge is 2.22. The molecule has 2 heterocycles. The first-order valence-corrected chi connectivity index (χ1v) is 10.00. The van der Waals surface area contributed by atoms with Crippen LogP contribution in [-0.4, -0.2) is 42.0 Å². The largest absolute Gasteiger partial charge is 0.368 e. The van der Waals surface area contributed by atoms with Crippen LogP contribution in [0.2, 0.25) is 0 Å². The number of hydrogen-bond donors (Lipinski definition) is 1. The lowest BCUT2D eigenvalue weighted by Crippen LogP contribution is -2.48. The van der Waals surface area contributed by atoms with E-state index >= 15 is 0 Å². The van der Waals surface area contributed by atoms with Crippen molar-refractivity contribution in [3.05, 3.63) is 83.6 Å². The van der Waals surface area contributed by atoms with Crippen molar-refractivity contribution in [1.82, 2.24) is 9.88 Å². The quantitative estimate of drug-likeness (QED) is 0.722. The van der Waals surface area contributed by atoms with E-state index in [0.29, 0.717) is 5.56 Å². The molecule has 3 aromatic rings. The van der Waals surface area contributed by atoms with Crippen LogP contribution in [0.15, 0.2) is 66.9 Å². The van der Waals surface area contributed by atoms with Crippen molar-refractivity contribution < 1.29 is 4.79 Å². The molecule has 0 unspecified atom stereocenters. The molecule has 1 fully saturated rings. The number of hydrogen-bond acceptors (Lipinski definition) is 4.